The van der Waals surface area contributed by atoms with Crippen molar-refractivity contribution in [3.63, 3.8) is 0 Å². The summed E-state index contributed by atoms with van der Waals surface area (Å²) in [5.74, 6) is 0.847. The first-order valence-electron chi connectivity index (χ1n) is 10.7. The van der Waals surface area contributed by atoms with Crippen LogP contribution in [0.5, 0.6) is 0 Å². The lowest BCUT2D eigenvalue weighted by molar-refractivity contribution is 0.107. The van der Waals surface area contributed by atoms with E-state index in [1.807, 2.05) is 18.2 Å². The van der Waals surface area contributed by atoms with Gasteiger partial charge in [-0.1, -0.05) is 54.6 Å². The summed E-state index contributed by atoms with van der Waals surface area (Å²) >= 11 is 0. The quantitative estimate of drug-likeness (QED) is 0.273. The molecule has 0 heterocycles. The number of rotatable bonds is 8. The molecule has 0 unspecified atom stereocenters. The van der Waals surface area contributed by atoms with Crippen LogP contribution < -0.4 is 10.6 Å². The zero-order chi connectivity index (χ0) is 20.3. The number of aliphatic imine (C=N–C) groups is 1. The minimum absolute atomic E-state index is 0. The zero-order valence-corrected chi connectivity index (χ0v) is 20.0. The number of nitrogens with zero attached hydrogens (tertiary/aromatic N) is 1. The molecule has 6 heteroatoms. The van der Waals surface area contributed by atoms with E-state index in [-0.39, 0.29) is 30.1 Å². The second-order valence-electron chi connectivity index (χ2n) is 7.64. The minimum atomic E-state index is -0.139. The number of benzene rings is 2. The molecule has 0 radical (unpaired) electrons. The summed E-state index contributed by atoms with van der Waals surface area (Å²) in [5.41, 5.74) is 3.51. The summed E-state index contributed by atoms with van der Waals surface area (Å²) in [4.78, 5) is 4.76. The van der Waals surface area contributed by atoms with E-state index in [4.69, 9.17) is 9.73 Å². The summed E-state index contributed by atoms with van der Waals surface area (Å²) in [5, 5.41) is 16.5. The molecule has 0 aromatic heterocycles. The molecule has 164 valence electrons. The van der Waals surface area contributed by atoms with Gasteiger partial charge in [0.2, 0.25) is 0 Å². The molecule has 1 aliphatic carbocycles. The third kappa shape index (κ3) is 8.62. The average molecular weight is 523 g/mol. The second-order valence-corrected chi connectivity index (χ2v) is 7.64. The van der Waals surface area contributed by atoms with Crippen LogP contribution in [0.3, 0.4) is 0 Å². The molecule has 0 saturated heterocycles. The maximum atomic E-state index is 9.68. The normalized spacial score (nSPS) is 19.1. The molecule has 5 nitrogen and oxygen atoms in total. The molecule has 3 N–H and O–H groups in total. The van der Waals surface area contributed by atoms with Gasteiger partial charge in [-0.3, -0.25) is 0 Å². The molecule has 0 bridgehead atoms. The Labute approximate surface area is 197 Å². The highest BCUT2D eigenvalue weighted by atomic mass is 127. The van der Waals surface area contributed by atoms with Crippen molar-refractivity contribution in [3.05, 3.63) is 71.3 Å². The Balaban J connectivity index is 0.00000320. The van der Waals surface area contributed by atoms with Crippen molar-refractivity contribution in [1.29, 1.82) is 0 Å². The average Bonchev–Trinajstić information content (AvgIpc) is 2.75. The Bertz CT molecular complexity index is 762. The van der Waals surface area contributed by atoms with Crippen molar-refractivity contribution in [3.8, 4) is 0 Å². The van der Waals surface area contributed by atoms with Gasteiger partial charge < -0.3 is 20.5 Å². The molecule has 1 aliphatic rings. The molecule has 30 heavy (non-hydrogen) atoms. The molecule has 2 aromatic rings. The van der Waals surface area contributed by atoms with Gasteiger partial charge in [-0.25, -0.2) is 4.99 Å². The number of aliphatic hydroxyl groups is 1. The largest absolute Gasteiger partial charge is 0.393 e. The lowest BCUT2D eigenvalue weighted by Gasteiger charge is -2.27. The van der Waals surface area contributed by atoms with E-state index in [1.165, 1.54) is 11.1 Å². The third-order valence-electron chi connectivity index (χ3n) is 5.17. The maximum absolute atomic E-state index is 9.68. The Hall–Kier alpha value is -1.64. The van der Waals surface area contributed by atoms with E-state index < -0.39 is 0 Å². The first kappa shape index (κ1) is 24.6. The van der Waals surface area contributed by atoms with Crippen LogP contribution in [-0.4, -0.2) is 29.8 Å². The highest BCUT2D eigenvalue weighted by Gasteiger charge is 2.19. The Morgan fingerprint density at radius 2 is 1.63 bits per heavy atom. The molecule has 0 amide bonds. The van der Waals surface area contributed by atoms with Gasteiger partial charge in [0.25, 0.3) is 0 Å². The molecule has 0 atom stereocenters. The monoisotopic (exact) mass is 523 g/mol. The van der Waals surface area contributed by atoms with Gasteiger partial charge in [0.05, 0.1) is 25.9 Å². The molecule has 0 spiro atoms. The van der Waals surface area contributed by atoms with Crippen LogP contribution in [-0.2, 0) is 24.5 Å². The number of ether oxygens (including phenoxy) is 1. The molecular weight excluding hydrogens is 489 g/mol. The lowest BCUT2D eigenvalue weighted by atomic mass is 9.93. The van der Waals surface area contributed by atoms with E-state index in [9.17, 15) is 5.11 Å². The Kier molecular flexibility index (Phi) is 11.2. The predicted octanol–water partition coefficient (Wildman–Crippen LogP) is 4.38. The van der Waals surface area contributed by atoms with E-state index in [2.05, 4.69) is 54.0 Å². The van der Waals surface area contributed by atoms with Crippen molar-refractivity contribution in [1.82, 2.24) is 10.6 Å². The van der Waals surface area contributed by atoms with Gasteiger partial charge in [-0.05, 0) is 49.3 Å². The van der Waals surface area contributed by atoms with E-state index in [0.717, 1.165) is 43.8 Å². The number of guanidine groups is 1. The zero-order valence-electron chi connectivity index (χ0n) is 17.7. The molecule has 3 rings (SSSR count). The first-order valence-corrected chi connectivity index (χ1v) is 10.7. The fraction of sp³-hybridized carbons (Fsp3) is 0.458. The number of hydrogen-bond donors (Lipinski definition) is 3. The van der Waals surface area contributed by atoms with Gasteiger partial charge >= 0.3 is 0 Å². The van der Waals surface area contributed by atoms with Gasteiger partial charge in [0.1, 0.15) is 0 Å². The van der Waals surface area contributed by atoms with Crippen molar-refractivity contribution >= 4 is 29.9 Å². The fourth-order valence-electron chi connectivity index (χ4n) is 3.58. The number of halogens is 1. The minimum Gasteiger partial charge on any atom is -0.393 e. The van der Waals surface area contributed by atoms with Crippen molar-refractivity contribution < 1.29 is 9.84 Å². The highest BCUT2D eigenvalue weighted by molar-refractivity contribution is 14.0. The van der Waals surface area contributed by atoms with Gasteiger partial charge in [-0.15, -0.1) is 24.0 Å². The summed E-state index contributed by atoms with van der Waals surface area (Å²) in [6, 6.07) is 19.0. The van der Waals surface area contributed by atoms with Crippen LogP contribution in [0, 0.1) is 0 Å². The molecule has 2 aromatic carbocycles. The summed E-state index contributed by atoms with van der Waals surface area (Å²) < 4.78 is 5.85. The van der Waals surface area contributed by atoms with Gasteiger partial charge in [0, 0.05) is 12.6 Å². The third-order valence-corrected chi connectivity index (χ3v) is 5.17. The van der Waals surface area contributed by atoms with E-state index >= 15 is 0 Å². The topological polar surface area (TPSA) is 65.9 Å². The summed E-state index contributed by atoms with van der Waals surface area (Å²) in [7, 11) is 0. The number of nitrogens with one attached hydrogen (secondary N) is 2. The number of hydrogen-bond acceptors (Lipinski definition) is 3. The molecule has 1 saturated carbocycles. The maximum Gasteiger partial charge on any atom is 0.191 e. The Morgan fingerprint density at radius 1 is 0.967 bits per heavy atom. The molecular formula is C24H34IN3O2. The van der Waals surface area contributed by atoms with E-state index in [1.54, 1.807) is 0 Å². The predicted molar refractivity (Wildman–Crippen MR) is 133 cm³/mol. The van der Waals surface area contributed by atoms with Crippen LogP contribution in [0.15, 0.2) is 59.6 Å². The Morgan fingerprint density at radius 3 is 2.37 bits per heavy atom. The van der Waals surface area contributed by atoms with Gasteiger partial charge in [-0.2, -0.15) is 0 Å². The van der Waals surface area contributed by atoms with Crippen molar-refractivity contribution in [2.75, 3.05) is 6.54 Å². The van der Waals surface area contributed by atoms with Crippen LogP contribution in [0.25, 0.3) is 0 Å². The highest BCUT2D eigenvalue weighted by Crippen LogP contribution is 2.18. The van der Waals surface area contributed by atoms with Crippen molar-refractivity contribution in [2.45, 2.75) is 64.5 Å². The van der Waals surface area contributed by atoms with Crippen LogP contribution in [0.1, 0.15) is 49.3 Å². The van der Waals surface area contributed by atoms with Crippen LogP contribution in [0.2, 0.25) is 0 Å². The second kappa shape index (κ2) is 13.6. The smallest absolute Gasteiger partial charge is 0.191 e. The summed E-state index contributed by atoms with van der Waals surface area (Å²) in [6.07, 6.45) is 3.56. The standard InChI is InChI=1S/C24H33N3O2.HI/c1-2-25-24(27-22-11-13-23(28)14-12-22)26-16-20-9-6-10-21(15-20)18-29-17-19-7-4-3-5-8-19;/h3-10,15,22-23,28H,2,11-14,16-18H2,1H3,(H2,25,26,27);1H. The number of aliphatic hydroxyl groups excluding tert-OH is 1. The summed E-state index contributed by atoms with van der Waals surface area (Å²) in [6.45, 7) is 4.74. The molecule has 1 fully saturated rings. The van der Waals surface area contributed by atoms with Crippen molar-refractivity contribution in [2.24, 2.45) is 4.99 Å². The molecule has 0 aliphatic heterocycles. The SMILES string of the molecule is CCNC(=NCc1cccc(COCc2ccccc2)c1)NC1CCC(O)CC1.I. The van der Waals surface area contributed by atoms with Crippen LogP contribution >= 0.6 is 24.0 Å². The van der Waals surface area contributed by atoms with E-state index in [0.29, 0.717) is 25.8 Å². The lowest BCUT2D eigenvalue weighted by Crippen LogP contribution is -2.45. The fourth-order valence-corrected chi connectivity index (χ4v) is 3.58. The van der Waals surface area contributed by atoms with Gasteiger partial charge in [0.15, 0.2) is 5.96 Å². The first-order chi connectivity index (χ1) is 14.2. The van der Waals surface area contributed by atoms with Crippen LogP contribution in [0.4, 0.5) is 0 Å².